The maximum absolute atomic E-state index is 5.35. The molecule has 11 aromatic carbocycles. The number of fused-ring (bicyclic) bond motifs is 12. The van der Waals surface area contributed by atoms with Crippen molar-refractivity contribution in [3.63, 3.8) is 0 Å². The fourth-order valence-electron chi connectivity index (χ4n) is 11.9. The van der Waals surface area contributed by atoms with Gasteiger partial charge in [0.15, 0.2) is 17.5 Å². The molecule has 0 atom stereocenters. The van der Waals surface area contributed by atoms with E-state index in [0.717, 1.165) is 66.7 Å². The molecule has 0 spiro atoms. The summed E-state index contributed by atoms with van der Waals surface area (Å²) in [5, 5.41) is 9.72. The van der Waals surface area contributed by atoms with Crippen LogP contribution in [0, 0.1) is 0 Å². The standard InChI is InChI=1S/C69H42N6S/c1-3-18-43(19-4-1)67-70-68(44-20-5-2-6-21-44)72-69(71-67)46-38-45(50-27-17-28-58-57-26-11-16-33-65(57)76-66(50)58)39-49(40-46)75-63-41-47(73-59-29-12-7-22-51(59)52-23-8-13-30-60(52)73)34-36-55(63)56-37-35-48(42-64(56)75)74-61-31-14-9-24-53(61)54-25-10-15-32-62(54)74/h1-42H. The number of aromatic nitrogens is 6. The zero-order valence-corrected chi connectivity index (χ0v) is 41.7. The molecule has 0 unspecified atom stereocenters. The monoisotopic (exact) mass is 986 g/mol. The second kappa shape index (κ2) is 16.8. The van der Waals surface area contributed by atoms with Crippen LogP contribution in [0.5, 0.6) is 0 Å². The summed E-state index contributed by atoms with van der Waals surface area (Å²) >= 11 is 1.84. The highest BCUT2D eigenvalue weighted by Crippen LogP contribution is 2.44. The van der Waals surface area contributed by atoms with E-state index in [4.69, 9.17) is 15.0 Å². The van der Waals surface area contributed by atoms with Gasteiger partial charge in [0.25, 0.3) is 0 Å². The molecular formula is C69H42N6S. The van der Waals surface area contributed by atoms with Crippen molar-refractivity contribution in [3.05, 3.63) is 255 Å². The molecule has 0 amide bonds. The summed E-state index contributed by atoms with van der Waals surface area (Å²) in [5.41, 5.74) is 14.9. The fraction of sp³-hybridized carbons (Fsp3) is 0. The molecule has 0 radical (unpaired) electrons. The molecule has 354 valence electrons. The molecule has 5 aromatic heterocycles. The van der Waals surface area contributed by atoms with Crippen molar-refractivity contribution in [2.75, 3.05) is 0 Å². The van der Waals surface area contributed by atoms with Gasteiger partial charge in [0.05, 0.1) is 33.1 Å². The predicted molar refractivity (Wildman–Crippen MR) is 317 cm³/mol. The Bertz CT molecular complexity index is 4670. The van der Waals surface area contributed by atoms with Gasteiger partial charge in [0, 0.05) is 86.2 Å². The zero-order valence-electron chi connectivity index (χ0n) is 40.8. The lowest BCUT2D eigenvalue weighted by Crippen LogP contribution is -2.02. The zero-order chi connectivity index (χ0) is 49.8. The van der Waals surface area contributed by atoms with Crippen molar-refractivity contribution in [2.24, 2.45) is 0 Å². The van der Waals surface area contributed by atoms with Gasteiger partial charge in [-0.2, -0.15) is 0 Å². The Morgan fingerprint density at radius 3 is 1.16 bits per heavy atom. The molecule has 76 heavy (non-hydrogen) atoms. The van der Waals surface area contributed by atoms with E-state index in [0.29, 0.717) is 17.5 Å². The summed E-state index contributed by atoms with van der Waals surface area (Å²) in [6, 6.07) is 91.8. The first-order valence-corrected chi connectivity index (χ1v) is 26.5. The minimum atomic E-state index is 0.594. The predicted octanol–water partition coefficient (Wildman–Crippen LogP) is 18.2. The normalized spacial score (nSPS) is 11.9. The van der Waals surface area contributed by atoms with Crippen LogP contribution in [0.1, 0.15) is 0 Å². The van der Waals surface area contributed by atoms with E-state index >= 15 is 0 Å². The summed E-state index contributed by atoms with van der Waals surface area (Å²) in [6.07, 6.45) is 0. The van der Waals surface area contributed by atoms with E-state index in [1.807, 2.05) is 47.7 Å². The van der Waals surface area contributed by atoms with Crippen molar-refractivity contribution in [2.45, 2.75) is 0 Å². The summed E-state index contributed by atoms with van der Waals surface area (Å²) in [6.45, 7) is 0. The summed E-state index contributed by atoms with van der Waals surface area (Å²) in [5.74, 6) is 1.83. The Hall–Kier alpha value is -9.95. The number of benzene rings is 11. The lowest BCUT2D eigenvalue weighted by Gasteiger charge is -2.16. The van der Waals surface area contributed by atoms with Gasteiger partial charge in [-0.25, -0.2) is 15.0 Å². The van der Waals surface area contributed by atoms with Crippen LogP contribution >= 0.6 is 11.3 Å². The molecule has 0 aliphatic rings. The topological polar surface area (TPSA) is 53.5 Å². The Labute approximate surface area is 440 Å². The number of nitrogens with zero attached hydrogens (tertiary/aromatic N) is 6. The number of thiophene rings is 1. The van der Waals surface area contributed by atoms with Crippen LogP contribution in [0.3, 0.4) is 0 Å². The molecule has 0 saturated carbocycles. The maximum atomic E-state index is 5.35. The maximum Gasteiger partial charge on any atom is 0.164 e. The van der Waals surface area contributed by atoms with Crippen molar-refractivity contribution in [1.82, 2.24) is 28.7 Å². The molecule has 0 saturated heterocycles. The molecular weight excluding hydrogens is 945 g/mol. The highest BCUT2D eigenvalue weighted by Gasteiger charge is 2.22. The highest BCUT2D eigenvalue weighted by atomic mass is 32.1. The van der Waals surface area contributed by atoms with Crippen LogP contribution in [0.25, 0.3) is 148 Å². The molecule has 0 fully saturated rings. The van der Waals surface area contributed by atoms with E-state index < -0.39 is 0 Å². The lowest BCUT2D eigenvalue weighted by atomic mass is 9.99. The van der Waals surface area contributed by atoms with Gasteiger partial charge >= 0.3 is 0 Å². The van der Waals surface area contributed by atoms with Gasteiger partial charge in [-0.15, -0.1) is 11.3 Å². The van der Waals surface area contributed by atoms with Gasteiger partial charge < -0.3 is 13.7 Å². The van der Waals surface area contributed by atoms with E-state index in [-0.39, 0.29) is 0 Å². The summed E-state index contributed by atoms with van der Waals surface area (Å²) in [7, 11) is 0. The Kier molecular flexibility index (Phi) is 9.40. The molecule has 6 nitrogen and oxygen atoms in total. The third kappa shape index (κ3) is 6.56. The SMILES string of the molecule is c1ccc(-c2nc(-c3ccccc3)nc(-c3cc(-c4cccc5c4sc4ccccc45)cc(-n4c5cc(-n6c7ccccc7c7ccccc76)ccc5c5ccc(-n6c7ccccc7c7ccccc76)cc54)c3)n2)cc1. The number of hydrogen-bond donors (Lipinski definition) is 0. The lowest BCUT2D eigenvalue weighted by molar-refractivity contribution is 1.07. The van der Waals surface area contributed by atoms with E-state index in [1.165, 1.54) is 63.8 Å². The Balaban J connectivity index is 1.03. The minimum absolute atomic E-state index is 0.594. The summed E-state index contributed by atoms with van der Waals surface area (Å²) in [4.78, 5) is 15.8. The van der Waals surface area contributed by atoms with Crippen LogP contribution in [0.4, 0.5) is 0 Å². The third-order valence-electron chi connectivity index (χ3n) is 15.3. The van der Waals surface area contributed by atoms with Crippen LogP contribution in [0.2, 0.25) is 0 Å². The molecule has 16 aromatic rings. The second-order valence-electron chi connectivity index (χ2n) is 19.6. The van der Waals surface area contributed by atoms with Gasteiger partial charge in [-0.1, -0.05) is 182 Å². The molecule has 5 heterocycles. The van der Waals surface area contributed by atoms with E-state index in [9.17, 15) is 0 Å². The molecule has 7 heteroatoms. The molecule has 0 aliphatic carbocycles. The first kappa shape index (κ1) is 42.5. The van der Waals surface area contributed by atoms with Gasteiger partial charge in [-0.3, -0.25) is 0 Å². The van der Waals surface area contributed by atoms with Crippen LogP contribution in [-0.4, -0.2) is 28.7 Å². The minimum Gasteiger partial charge on any atom is -0.309 e. The third-order valence-corrected chi connectivity index (χ3v) is 16.5. The summed E-state index contributed by atoms with van der Waals surface area (Å²) < 4.78 is 9.81. The Morgan fingerprint density at radius 2 is 0.645 bits per heavy atom. The van der Waals surface area contributed by atoms with Crippen LogP contribution < -0.4 is 0 Å². The largest absolute Gasteiger partial charge is 0.309 e. The quantitative estimate of drug-likeness (QED) is 0.160. The average molecular weight is 987 g/mol. The van der Waals surface area contributed by atoms with Crippen molar-refractivity contribution >= 4 is 96.9 Å². The number of hydrogen-bond acceptors (Lipinski definition) is 4. The number of para-hydroxylation sites is 4. The second-order valence-corrected chi connectivity index (χ2v) is 20.6. The molecule has 0 N–H and O–H groups in total. The van der Waals surface area contributed by atoms with Crippen molar-refractivity contribution in [3.8, 4) is 62.4 Å². The van der Waals surface area contributed by atoms with Gasteiger partial charge in [0.1, 0.15) is 0 Å². The van der Waals surface area contributed by atoms with Gasteiger partial charge in [-0.05, 0) is 83.9 Å². The first-order chi connectivity index (χ1) is 37.7. The smallest absolute Gasteiger partial charge is 0.164 e. The first-order valence-electron chi connectivity index (χ1n) is 25.7. The molecule has 16 rings (SSSR count). The highest BCUT2D eigenvalue weighted by molar-refractivity contribution is 7.26. The van der Waals surface area contributed by atoms with E-state index in [1.54, 1.807) is 0 Å². The number of rotatable bonds is 7. The van der Waals surface area contributed by atoms with Crippen LogP contribution in [-0.2, 0) is 0 Å². The van der Waals surface area contributed by atoms with Gasteiger partial charge in [0.2, 0.25) is 0 Å². The van der Waals surface area contributed by atoms with Crippen molar-refractivity contribution < 1.29 is 0 Å². The van der Waals surface area contributed by atoms with Crippen molar-refractivity contribution in [1.29, 1.82) is 0 Å². The fourth-order valence-corrected chi connectivity index (χ4v) is 13.1. The average Bonchev–Trinajstić information content (AvgIpc) is 4.26. The van der Waals surface area contributed by atoms with Crippen LogP contribution in [0.15, 0.2) is 255 Å². The Morgan fingerprint density at radius 1 is 0.250 bits per heavy atom. The van der Waals surface area contributed by atoms with E-state index in [2.05, 4.69) is 232 Å². The molecule has 0 bridgehead atoms. The molecule has 0 aliphatic heterocycles.